The molecule has 4 rings (SSSR count). The van der Waals surface area contributed by atoms with Crippen molar-refractivity contribution in [3.05, 3.63) is 38.4 Å². The third-order valence-corrected chi connectivity index (χ3v) is 8.79. The maximum absolute atomic E-state index is 12.6. The quantitative estimate of drug-likeness (QED) is 0.546. The average Bonchev–Trinajstić information content (AvgIpc) is 3.39. The minimum atomic E-state index is -0.0312. The average molecular weight is 485 g/mol. The van der Waals surface area contributed by atoms with Gasteiger partial charge in [0, 0.05) is 35.2 Å². The lowest BCUT2D eigenvalue weighted by molar-refractivity contribution is -0.126. The van der Waals surface area contributed by atoms with Crippen molar-refractivity contribution in [2.24, 2.45) is 5.92 Å². The number of hydrogen-bond acceptors (Lipinski definition) is 6. The van der Waals surface area contributed by atoms with Crippen LogP contribution in [0.3, 0.4) is 0 Å². The normalized spacial score (nSPS) is 17.1. The van der Waals surface area contributed by atoms with Crippen molar-refractivity contribution in [1.29, 1.82) is 5.26 Å². The van der Waals surface area contributed by atoms with E-state index in [0.717, 1.165) is 68.6 Å². The molecule has 8 heteroatoms. The van der Waals surface area contributed by atoms with Gasteiger partial charge in [-0.05, 0) is 75.0 Å². The molecule has 3 heterocycles. The smallest absolute Gasteiger partial charge is 0.226 e. The first-order valence-corrected chi connectivity index (χ1v) is 13.7. The zero-order valence-electron chi connectivity index (χ0n) is 19.0. The molecule has 176 valence electrons. The number of nitriles is 1. The van der Waals surface area contributed by atoms with E-state index in [1.807, 2.05) is 6.07 Å². The molecule has 0 bridgehead atoms. The summed E-state index contributed by atoms with van der Waals surface area (Å²) in [5.41, 5.74) is 1.84. The Morgan fingerprint density at radius 1 is 1.18 bits per heavy atom. The summed E-state index contributed by atoms with van der Waals surface area (Å²) in [6.07, 6.45) is 8.42. The van der Waals surface area contributed by atoms with E-state index in [1.165, 1.54) is 16.2 Å². The van der Waals surface area contributed by atoms with Gasteiger partial charge in [-0.2, -0.15) is 5.26 Å². The van der Waals surface area contributed by atoms with Crippen molar-refractivity contribution in [3.8, 4) is 6.07 Å². The Hall–Kier alpha value is -2.21. The molecule has 2 amide bonds. The van der Waals surface area contributed by atoms with E-state index in [1.54, 1.807) is 22.7 Å². The summed E-state index contributed by atoms with van der Waals surface area (Å²) < 4.78 is 0. The molecule has 0 saturated carbocycles. The molecule has 0 spiro atoms. The van der Waals surface area contributed by atoms with E-state index in [4.69, 9.17) is 0 Å². The van der Waals surface area contributed by atoms with Gasteiger partial charge in [0.05, 0.1) is 5.56 Å². The second kappa shape index (κ2) is 11.8. The number of rotatable bonds is 8. The topological polar surface area (TPSA) is 85.2 Å². The summed E-state index contributed by atoms with van der Waals surface area (Å²) in [6, 6.07) is 6.46. The molecule has 2 N–H and O–H groups in total. The zero-order chi connectivity index (χ0) is 23.0. The van der Waals surface area contributed by atoms with Gasteiger partial charge in [0.25, 0.3) is 0 Å². The number of nitrogens with zero attached hydrogens (tertiary/aromatic N) is 2. The first-order chi connectivity index (χ1) is 16.1. The summed E-state index contributed by atoms with van der Waals surface area (Å²) in [4.78, 5) is 29.9. The van der Waals surface area contributed by atoms with Gasteiger partial charge in [0.1, 0.15) is 11.1 Å². The van der Waals surface area contributed by atoms with Crippen molar-refractivity contribution in [2.75, 3.05) is 31.5 Å². The van der Waals surface area contributed by atoms with Gasteiger partial charge in [-0.3, -0.25) is 9.59 Å². The third-order valence-electron chi connectivity index (χ3n) is 6.65. The highest BCUT2D eigenvalue weighted by molar-refractivity contribution is 7.16. The SMILES string of the molecule is N#Cc1c(NC(=O)CCN2CCC(C(=O)NCCc3cccs3)CC2)sc2c1CCCCC2. The van der Waals surface area contributed by atoms with Crippen LogP contribution in [0.4, 0.5) is 5.00 Å². The number of carbonyl (C=O) groups is 2. The number of aryl methyl sites for hydroxylation is 1. The van der Waals surface area contributed by atoms with Gasteiger partial charge in [-0.15, -0.1) is 22.7 Å². The Bertz CT molecular complexity index is 985. The van der Waals surface area contributed by atoms with E-state index in [9.17, 15) is 14.9 Å². The number of carbonyl (C=O) groups excluding carboxylic acids is 2. The number of piperidine rings is 1. The predicted molar refractivity (Wildman–Crippen MR) is 134 cm³/mol. The standard InChI is InChI=1S/C25H32N4O2S2/c26-17-21-20-6-2-1-3-7-22(20)33-25(21)28-23(30)11-15-29-13-9-18(10-14-29)24(31)27-12-8-19-5-4-16-32-19/h4-5,16,18H,1-3,6-15H2,(H,27,31)(H,28,30). The molecule has 1 aliphatic carbocycles. The predicted octanol–water partition coefficient (Wildman–Crippen LogP) is 4.35. The lowest BCUT2D eigenvalue weighted by atomic mass is 9.95. The van der Waals surface area contributed by atoms with Crippen LogP contribution in [0.1, 0.15) is 59.4 Å². The third kappa shape index (κ3) is 6.44. The summed E-state index contributed by atoms with van der Waals surface area (Å²) in [5, 5.41) is 18.5. The largest absolute Gasteiger partial charge is 0.355 e. The lowest BCUT2D eigenvalue weighted by Crippen LogP contribution is -2.41. The van der Waals surface area contributed by atoms with Crippen LogP contribution in [0.25, 0.3) is 0 Å². The summed E-state index contributed by atoms with van der Waals surface area (Å²) in [7, 11) is 0. The Morgan fingerprint density at radius 3 is 2.76 bits per heavy atom. The van der Waals surface area contributed by atoms with Gasteiger partial charge in [0.2, 0.25) is 11.8 Å². The number of fused-ring (bicyclic) bond motifs is 1. The molecule has 6 nitrogen and oxygen atoms in total. The minimum absolute atomic E-state index is 0.0312. The van der Waals surface area contributed by atoms with E-state index in [-0.39, 0.29) is 17.7 Å². The highest BCUT2D eigenvalue weighted by atomic mass is 32.1. The Kier molecular flexibility index (Phi) is 8.54. The number of amides is 2. The first-order valence-electron chi connectivity index (χ1n) is 12.0. The molecule has 2 aromatic heterocycles. The molecular formula is C25H32N4O2S2. The summed E-state index contributed by atoms with van der Waals surface area (Å²) >= 11 is 3.31. The molecular weight excluding hydrogens is 452 g/mol. The number of likely N-dealkylation sites (tertiary alicyclic amines) is 1. The molecule has 1 saturated heterocycles. The van der Waals surface area contributed by atoms with Gasteiger partial charge in [0.15, 0.2) is 0 Å². The first kappa shape index (κ1) is 23.9. The molecule has 1 fully saturated rings. The van der Waals surface area contributed by atoms with Gasteiger partial charge < -0.3 is 15.5 Å². The maximum Gasteiger partial charge on any atom is 0.226 e. The highest BCUT2D eigenvalue weighted by Crippen LogP contribution is 2.37. The minimum Gasteiger partial charge on any atom is -0.355 e. The molecule has 2 aromatic rings. The van der Waals surface area contributed by atoms with Crippen LogP contribution < -0.4 is 10.6 Å². The van der Waals surface area contributed by atoms with Gasteiger partial charge >= 0.3 is 0 Å². The lowest BCUT2D eigenvalue weighted by Gasteiger charge is -2.31. The number of nitrogens with one attached hydrogen (secondary N) is 2. The fourth-order valence-electron chi connectivity index (χ4n) is 4.72. The van der Waals surface area contributed by atoms with Crippen molar-refractivity contribution >= 4 is 39.5 Å². The van der Waals surface area contributed by atoms with Crippen LogP contribution in [0, 0.1) is 17.2 Å². The maximum atomic E-state index is 12.6. The molecule has 0 unspecified atom stereocenters. The zero-order valence-corrected chi connectivity index (χ0v) is 20.7. The van der Waals surface area contributed by atoms with E-state index in [2.05, 4.69) is 33.0 Å². The Balaban J connectivity index is 1.17. The fraction of sp³-hybridized carbons (Fsp3) is 0.560. The van der Waals surface area contributed by atoms with Crippen LogP contribution in [0.15, 0.2) is 17.5 Å². The van der Waals surface area contributed by atoms with E-state index in [0.29, 0.717) is 25.1 Å². The number of hydrogen-bond donors (Lipinski definition) is 2. The van der Waals surface area contributed by atoms with Crippen LogP contribution in [-0.4, -0.2) is 42.9 Å². The van der Waals surface area contributed by atoms with E-state index >= 15 is 0 Å². The molecule has 1 aliphatic heterocycles. The van der Waals surface area contributed by atoms with Crippen molar-refractivity contribution in [3.63, 3.8) is 0 Å². The molecule has 2 aliphatic rings. The van der Waals surface area contributed by atoms with Crippen LogP contribution in [0.2, 0.25) is 0 Å². The van der Waals surface area contributed by atoms with E-state index < -0.39 is 0 Å². The monoisotopic (exact) mass is 484 g/mol. The van der Waals surface area contributed by atoms with Crippen molar-refractivity contribution in [2.45, 2.75) is 57.8 Å². The molecule has 0 aromatic carbocycles. The van der Waals surface area contributed by atoms with Crippen LogP contribution >= 0.6 is 22.7 Å². The second-order valence-electron chi connectivity index (χ2n) is 8.91. The molecule has 0 atom stereocenters. The highest BCUT2D eigenvalue weighted by Gasteiger charge is 2.25. The number of anilines is 1. The fourth-order valence-corrected chi connectivity index (χ4v) is 6.69. The Morgan fingerprint density at radius 2 is 2.00 bits per heavy atom. The van der Waals surface area contributed by atoms with Crippen LogP contribution in [-0.2, 0) is 28.9 Å². The van der Waals surface area contributed by atoms with Crippen molar-refractivity contribution in [1.82, 2.24) is 10.2 Å². The molecule has 33 heavy (non-hydrogen) atoms. The van der Waals surface area contributed by atoms with Gasteiger partial charge in [-0.1, -0.05) is 12.5 Å². The number of thiophene rings is 2. The van der Waals surface area contributed by atoms with Crippen molar-refractivity contribution < 1.29 is 9.59 Å². The summed E-state index contributed by atoms with van der Waals surface area (Å²) in [5.74, 6) is 0.194. The Labute approximate surface area is 204 Å². The summed E-state index contributed by atoms with van der Waals surface area (Å²) in [6.45, 7) is 3.06. The van der Waals surface area contributed by atoms with Gasteiger partial charge in [-0.25, -0.2) is 0 Å². The second-order valence-corrected chi connectivity index (χ2v) is 11.1. The van der Waals surface area contributed by atoms with Crippen LogP contribution in [0.5, 0.6) is 0 Å². The molecule has 0 radical (unpaired) electrons.